The van der Waals surface area contributed by atoms with E-state index in [0.29, 0.717) is 23.0 Å². The van der Waals surface area contributed by atoms with E-state index < -0.39 is 5.97 Å². The van der Waals surface area contributed by atoms with Crippen LogP contribution in [0.15, 0.2) is 18.7 Å². The van der Waals surface area contributed by atoms with E-state index in [-0.39, 0.29) is 0 Å². The maximum atomic E-state index is 11.7. The van der Waals surface area contributed by atoms with Gasteiger partial charge in [0.15, 0.2) is 5.69 Å². The van der Waals surface area contributed by atoms with Crippen LogP contribution in [0.4, 0.5) is 10.7 Å². The Balaban J connectivity index is 2.25. The second-order valence-corrected chi connectivity index (χ2v) is 4.59. The zero-order valence-corrected chi connectivity index (χ0v) is 10.8. The molecule has 6 nitrogen and oxygen atoms in total. The van der Waals surface area contributed by atoms with Gasteiger partial charge in [-0.3, -0.25) is 0 Å². The second-order valence-electron chi connectivity index (χ2n) is 3.38. The van der Waals surface area contributed by atoms with Gasteiger partial charge < -0.3 is 10.1 Å². The molecule has 2 aromatic rings. The SMILES string of the molecule is CCOC(=O)c1nc(C)sc1Nc1cncnc1. The van der Waals surface area contributed by atoms with Gasteiger partial charge in [0.1, 0.15) is 11.3 Å². The Hall–Kier alpha value is -2.02. The molecule has 2 aromatic heterocycles. The second kappa shape index (κ2) is 5.54. The molecule has 0 aliphatic carbocycles. The molecular weight excluding hydrogens is 252 g/mol. The van der Waals surface area contributed by atoms with E-state index in [0.717, 1.165) is 5.01 Å². The highest BCUT2D eigenvalue weighted by molar-refractivity contribution is 7.16. The van der Waals surface area contributed by atoms with Crippen LogP contribution in [0.5, 0.6) is 0 Å². The number of anilines is 2. The summed E-state index contributed by atoms with van der Waals surface area (Å²) >= 11 is 1.38. The van der Waals surface area contributed by atoms with Crippen molar-refractivity contribution in [2.24, 2.45) is 0 Å². The molecule has 0 aromatic carbocycles. The molecule has 2 heterocycles. The van der Waals surface area contributed by atoms with Crippen molar-refractivity contribution in [2.45, 2.75) is 13.8 Å². The third-order valence-corrected chi connectivity index (χ3v) is 2.91. The van der Waals surface area contributed by atoms with Crippen LogP contribution in [-0.4, -0.2) is 27.5 Å². The van der Waals surface area contributed by atoms with Crippen molar-refractivity contribution < 1.29 is 9.53 Å². The van der Waals surface area contributed by atoms with E-state index >= 15 is 0 Å². The molecule has 0 bridgehead atoms. The molecular formula is C11H12N4O2S. The Morgan fingerprint density at radius 2 is 2.17 bits per heavy atom. The number of carbonyl (C=O) groups is 1. The maximum Gasteiger partial charge on any atom is 0.360 e. The molecule has 0 atom stereocenters. The summed E-state index contributed by atoms with van der Waals surface area (Å²) in [6.07, 6.45) is 4.68. The third-order valence-electron chi connectivity index (χ3n) is 2.02. The van der Waals surface area contributed by atoms with Crippen molar-refractivity contribution in [3.05, 3.63) is 29.4 Å². The molecule has 94 valence electrons. The molecule has 2 rings (SSSR count). The number of hydrogen-bond acceptors (Lipinski definition) is 7. The summed E-state index contributed by atoms with van der Waals surface area (Å²) in [7, 11) is 0. The summed E-state index contributed by atoms with van der Waals surface area (Å²) in [6, 6.07) is 0. The number of rotatable bonds is 4. The highest BCUT2D eigenvalue weighted by atomic mass is 32.1. The Morgan fingerprint density at radius 3 is 2.83 bits per heavy atom. The van der Waals surface area contributed by atoms with Gasteiger partial charge in [-0.2, -0.15) is 0 Å². The molecule has 0 spiro atoms. The highest BCUT2D eigenvalue weighted by Gasteiger charge is 2.18. The summed E-state index contributed by atoms with van der Waals surface area (Å²) in [5.41, 5.74) is 0.995. The number of ether oxygens (including phenoxy) is 1. The van der Waals surface area contributed by atoms with E-state index in [4.69, 9.17) is 4.74 Å². The lowest BCUT2D eigenvalue weighted by molar-refractivity contribution is 0.0521. The minimum Gasteiger partial charge on any atom is -0.461 e. The van der Waals surface area contributed by atoms with Gasteiger partial charge >= 0.3 is 5.97 Å². The van der Waals surface area contributed by atoms with Gasteiger partial charge in [0, 0.05) is 0 Å². The van der Waals surface area contributed by atoms with Crippen LogP contribution in [0.3, 0.4) is 0 Å². The van der Waals surface area contributed by atoms with Crippen molar-refractivity contribution in [3.63, 3.8) is 0 Å². The maximum absolute atomic E-state index is 11.7. The van der Waals surface area contributed by atoms with Gasteiger partial charge in [-0.15, -0.1) is 11.3 Å². The van der Waals surface area contributed by atoms with Gasteiger partial charge in [-0.25, -0.2) is 19.7 Å². The lowest BCUT2D eigenvalue weighted by Gasteiger charge is -2.04. The number of aryl methyl sites for hydroxylation is 1. The highest BCUT2D eigenvalue weighted by Crippen LogP contribution is 2.27. The zero-order valence-electron chi connectivity index (χ0n) is 10.0. The van der Waals surface area contributed by atoms with Crippen LogP contribution in [0, 0.1) is 6.92 Å². The lowest BCUT2D eigenvalue weighted by Crippen LogP contribution is -2.07. The van der Waals surface area contributed by atoms with Crippen LogP contribution < -0.4 is 5.32 Å². The van der Waals surface area contributed by atoms with Gasteiger partial charge in [-0.1, -0.05) is 0 Å². The van der Waals surface area contributed by atoms with Crippen molar-refractivity contribution in [1.82, 2.24) is 15.0 Å². The number of carbonyl (C=O) groups excluding carboxylic acids is 1. The topological polar surface area (TPSA) is 77.0 Å². The molecule has 1 N–H and O–H groups in total. The first-order valence-corrected chi connectivity index (χ1v) is 6.19. The van der Waals surface area contributed by atoms with Gasteiger partial charge in [-0.05, 0) is 13.8 Å². The van der Waals surface area contributed by atoms with Crippen LogP contribution >= 0.6 is 11.3 Å². The quantitative estimate of drug-likeness (QED) is 0.853. The summed E-state index contributed by atoms with van der Waals surface area (Å²) in [6.45, 7) is 3.92. The standard InChI is InChI=1S/C11H12N4O2S/c1-3-17-11(16)9-10(18-7(2)14-9)15-8-4-12-6-13-5-8/h4-6,15H,3H2,1-2H3. The minimum atomic E-state index is -0.429. The molecule has 0 saturated heterocycles. The van der Waals surface area contributed by atoms with Crippen molar-refractivity contribution in [2.75, 3.05) is 11.9 Å². The molecule has 0 aliphatic heterocycles. The van der Waals surface area contributed by atoms with Crippen molar-refractivity contribution in [3.8, 4) is 0 Å². The normalized spacial score (nSPS) is 10.1. The third kappa shape index (κ3) is 2.80. The molecule has 18 heavy (non-hydrogen) atoms. The molecule has 0 saturated carbocycles. The van der Waals surface area contributed by atoms with E-state index in [1.165, 1.54) is 17.7 Å². The van der Waals surface area contributed by atoms with Gasteiger partial charge in [0.2, 0.25) is 0 Å². The van der Waals surface area contributed by atoms with E-state index in [2.05, 4.69) is 20.3 Å². The van der Waals surface area contributed by atoms with Gasteiger partial charge in [0.25, 0.3) is 0 Å². The van der Waals surface area contributed by atoms with Crippen LogP contribution in [0.1, 0.15) is 22.4 Å². The van der Waals surface area contributed by atoms with E-state index in [1.807, 2.05) is 6.92 Å². The Morgan fingerprint density at radius 1 is 1.44 bits per heavy atom. The number of nitrogens with zero attached hydrogens (tertiary/aromatic N) is 3. The smallest absolute Gasteiger partial charge is 0.360 e. The van der Waals surface area contributed by atoms with Crippen LogP contribution in [0.2, 0.25) is 0 Å². The Kier molecular flexibility index (Phi) is 3.83. The predicted molar refractivity (Wildman–Crippen MR) is 68.1 cm³/mol. The largest absolute Gasteiger partial charge is 0.461 e. The fraction of sp³-hybridized carbons (Fsp3) is 0.273. The average Bonchev–Trinajstić information content (AvgIpc) is 2.72. The Labute approximate surface area is 108 Å². The number of esters is 1. The van der Waals surface area contributed by atoms with E-state index in [1.54, 1.807) is 19.3 Å². The fourth-order valence-electron chi connectivity index (χ4n) is 1.34. The number of nitrogens with one attached hydrogen (secondary N) is 1. The predicted octanol–water partition coefficient (Wildman–Crippen LogP) is 2.16. The molecule has 0 amide bonds. The number of thiazole rings is 1. The van der Waals surface area contributed by atoms with Crippen molar-refractivity contribution >= 4 is 28.0 Å². The van der Waals surface area contributed by atoms with E-state index in [9.17, 15) is 4.79 Å². The van der Waals surface area contributed by atoms with Crippen LogP contribution in [0.25, 0.3) is 0 Å². The number of hydrogen-bond donors (Lipinski definition) is 1. The monoisotopic (exact) mass is 264 g/mol. The summed E-state index contributed by atoms with van der Waals surface area (Å²) in [5, 5.41) is 4.49. The average molecular weight is 264 g/mol. The summed E-state index contributed by atoms with van der Waals surface area (Å²) in [5.74, 6) is -0.429. The first-order chi connectivity index (χ1) is 8.70. The van der Waals surface area contributed by atoms with Crippen molar-refractivity contribution in [1.29, 1.82) is 0 Å². The first-order valence-electron chi connectivity index (χ1n) is 5.37. The lowest BCUT2D eigenvalue weighted by atomic mass is 10.4. The molecule has 7 heteroatoms. The summed E-state index contributed by atoms with van der Waals surface area (Å²) in [4.78, 5) is 23.7. The molecule has 0 unspecified atom stereocenters. The van der Waals surface area contributed by atoms with Gasteiger partial charge in [0.05, 0.1) is 29.7 Å². The molecule has 0 fully saturated rings. The number of aromatic nitrogens is 3. The Bertz CT molecular complexity index is 541. The summed E-state index contributed by atoms with van der Waals surface area (Å²) < 4.78 is 4.95. The van der Waals surface area contributed by atoms with Crippen LogP contribution in [-0.2, 0) is 4.74 Å². The molecule has 0 aliphatic rings. The molecule has 0 radical (unpaired) electrons. The minimum absolute atomic E-state index is 0.295. The fourth-order valence-corrected chi connectivity index (χ4v) is 2.17. The first kappa shape index (κ1) is 12.4. The zero-order chi connectivity index (χ0) is 13.0.